The van der Waals surface area contributed by atoms with Gasteiger partial charge in [-0.15, -0.1) is 0 Å². The predicted octanol–water partition coefficient (Wildman–Crippen LogP) is 1.49. The van der Waals surface area contributed by atoms with Crippen LogP contribution >= 0.6 is 0 Å². The highest BCUT2D eigenvalue weighted by molar-refractivity contribution is 5.82. The van der Waals surface area contributed by atoms with Gasteiger partial charge in [-0.05, 0) is 12.8 Å². The third-order valence-electron chi connectivity index (χ3n) is 2.14. The normalized spacial score (nSPS) is 31.8. The molecular formula is C9H14O3. The summed E-state index contributed by atoms with van der Waals surface area (Å²) in [6.45, 7) is 4.10. The molecular weight excluding hydrogens is 156 g/mol. The molecule has 0 aromatic rings. The Bertz CT molecular complexity index is 196. The van der Waals surface area contributed by atoms with E-state index in [1.165, 1.54) is 13.2 Å². The van der Waals surface area contributed by atoms with Crippen LogP contribution in [0, 0.1) is 5.92 Å². The minimum absolute atomic E-state index is 0.209. The van der Waals surface area contributed by atoms with E-state index in [9.17, 15) is 4.79 Å². The number of hydrogen-bond donors (Lipinski definition) is 0. The average Bonchev–Trinajstić information content (AvgIpc) is 2.31. The molecule has 3 nitrogen and oxygen atoms in total. The summed E-state index contributed by atoms with van der Waals surface area (Å²) in [6.07, 6.45) is 2.46. The van der Waals surface area contributed by atoms with Crippen molar-refractivity contribution < 1.29 is 14.3 Å². The first-order chi connectivity index (χ1) is 5.63. The van der Waals surface area contributed by atoms with E-state index in [1.54, 1.807) is 0 Å². The zero-order valence-electron chi connectivity index (χ0n) is 7.66. The van der Waals surface area contributed by atoms with Crippen molar-refractivity contribution in [3.8, 4) is 0 Å². The number of esters is 1. The van der Waals surface area contributed by atoms with E-state index in [1.807, 2.05) is 6.92 Å². The number of ether oxygens (including phenoxy) is 2. The fraction of sp³-hybridized carbons (Fsp3) is 0.667. The fourth-order valence-corrected chi connectivity index (χ4v) is 1.17. The third kappa shape index (κ3) is 2.00. The Morgan fingerprint density at radius 3 is 2.75 bits per heavy atom. The molecule has 12 heavy (non-hydrogen) atoms. The minimum Gasteiger partial charge on any atom is -0.494 e. The standard InChI is InChI=1S/C9H14O3/c1-6-4-8(12-7(6)2)5-9(10)11-3/h5-7H,4H2,1-3H3/b8-5+/t6-,7-/m0/s1. The Balaban J connectivity index is 2.56. The summed E-state index contributed by atoms with van der Waals surface area (Å²) in [4.78, 5) is 10.8. The Labute approximate surface area is 72.4 Å². The lowest BCUT2D eigenvalue weighted by atomic mass is 10.1. The molecule has 0 aromatic carbocycles. The van der Waals surface area contributed by atoms with Gasteiger partial charge in [0, 0.05) is 6.42 Å². The molecule has 1 saturated heterocycles. The maximum atomic E-state index is 10.8. The maximum Gasteiger partial charge on any atom is 0.333 e. The van der Waals surface area contributed by atoms with E-state index in [-0.39, 0.29) is 12.1 Å². The largest absolute Gasteiger partial charge is 0.494 e. The van der Waals surface area contributed by atoms with E-state index in [0.717, 1.165) is 12.2 Å². The smallest absolute Gasteiger partial charge is 0.333 e. The Morgan fingerprint density at radius 1 is 1.67 bits per heavy atom. The molecule has 1 fully saturated rings. The highest BCUT2D eigenvalue weighted by Crippen LogP contribution is 2.28. The van der Waals surface area contributed by atoms with Crippen LogP contribution < -0.4 is 0 Å². The van der Waals surface area contributed by atoms with Crippen molar-refractivity contribution in [3.05, 3.63) is 11.8 Å². The first kappa shape index (κ1) is 9.10. The van der Waals surface area contributed by atoms with Crippen molar-refractivity contribution in [2.75, 3.05) is 7.11 Å². The van der Waals surface area contributed by atoms with Crippen LogP contribution in [0.1, 0.15) is 20.3 Å². The van der Waals surface area contributed by atoms with Crippen LogP contribution in [0.25, 0.3) is 0 Å². The lowest BCUT2D eigenvalue weighted by Crippen LogP contribution is -2.05. The van der Waals surface area contributed by atoms with Crippen LogP contribution in [0.5, 0.6) is 0 Å². The summed E-state index contributed by atoms with van der Waals surface area (Å²) in [6, 6.07) is 0. The average molecular weight is 170 g/mol. The van der Waals surface area contributed by atoms with Crippen molar-refractivity contribution in [3.63, 3.8) is 0 Å². The van der Waals surface area contributed by atoms with Gasteiger partial charge in [0.25, 0.3) is 0 Å². The van der Waals surface area contributed by atoms with Crippen LogP contribution in [-0.4, -0.2) is 19.2 Å². The molecule has 0 bridgehead atoms. The molecule has 0 N–H and O–H groups in total. The molecule has 68 valence electrons. The lowest BCUT2D eigenvalue weighted by molar-refractivity contribution is -0.135. The number of carbonyl (C=O) groups is 1. The van der Waals surface area contributed by atoms with E-state index in [2.05, 4.69) is 11.7 Å². The van der Waals surface area contributed by atoms with Crippen molar-refractivity contribution in [2.45, 2.75) is 26.4 Å². The van der Waals surface area contributed by atoms with Gasteiger partial charge in [0.15, 0.2) is 0 Å². The van der Waals surface area contributed by atoms with Gasteiger partial charge in [-0.1, -0.05) is 6.92 Å². The van der Waals surface area contributed by atoms with Crippen molar-refractivity contribution in [1.82, 2.24) is 0 Å². The van der Waals surface area contributed by atoms with Crippen molar-refractivity contribution in [1.29, 1.82) is 0 Å². The van der Waals surface area contributed by atoms with Crippen LogP contribution in [0.15, 0.2) is 11.8 Å². The second kappa shape index (κ2) is 3.61. The molecule has 0 unspecified atom stereocenters. The second-order valence-electron chi connectivity index (χ2n) is 3.14. The quantitative estimate of drug-likeness (QED) is 0.442. The first-order valence-electron chi connectivity index (χ1n) is 4.08. The molecule has 0 spiro atoms. The van der Waals surface area contributed by atoms with Crippen LogP contribution in [-0.2, 0) is 14.3 Å². The van der Waals surface area contributed by atoms with Crippen LogP contribution in [0.4, 0.5) is 0 Å². The first-order valence-corrected chi connectivity index (χ1v) is 4.08. The number of carbonyl (C=O) groups excluding carboxylic acids is 1. The highest BCUT2D eigenvalue weighted by atomic mass is 16.5. The zero-order chi connectivity index (χ0) is 9.14. The van der Waals surface area contributed by atoms with Gasteiger partial charge in [-0.3, -0.25) is 0 Å². The molecule has 1 aliphatic heterocycles. The summed E-state index contributed by atoms with van der Waals surface area (Å²) < 4.78 is 9.89. The number of allylic oxidation sites excluding steroid dienone is 1. The molecule has 0 aliphatic carbocycles. The van der Waals surface area contributed by atoms with Gasteiger partial charge in [0.1, 0.15) is 5.76 Å². The van der Waals surface area contributed by atoms with Gasteiger partial charge in [0.2, 0.25) is 0 Å². The zero-order valence-corrected chi connectivity index (χ0v) is 7.66. The van der Waals surface area contributed by atoms with E-state index < -0.39 is 0 Å². The molecule has 0 aromatic heterocycles. The highest BCUT2D eigenvalue weighted by Gasteiger charge is 2.25. The van der Waals surface area contributed by atoms with Crippen molar-refractivity contribution >= 4 is 5.97 Å². The summed E-state index contributed by atoms with van der Waals surface area (Å²) in [5.74, 6) is 0.883. The maximum absolute atomic E-state index is 10.8. The lowest BCUT2D eigenvalue weighted by Gasteiger charge is -2.05. The van der Waals surface area contributed by atoms with Gasteiger partial charge in [-0.25, -0.2) is 4.79 Å². The van der Waals surface area contributed by atoms with Crippen LogP contribution in [0.3, 0.4) is 0 Å². The number of methoxy groups -OCH3 is 1. The number of rotatable bonds is 1. The van der Waals surface area contributed by atoms with E-state index in [4.69, 9.17) is 4.74 Å². The van der Waals surface area contributed by atoms with Gasteiger partial charge in [-0.2, -0.15) is 0 Å². The molecule has 1 heterocycles. The Kier molecular flexibility index (Phi) is 2.74. The Hall–Kier alpha value is -0.990. The SMILES string of the molecule is COC(=O)/C=C1\C[C@H](C)[C@H](C)O1. The van der Waals surface area contributed by atoms with Gasteiger partial charge in [0.05, 0.1) is 19.3 Å². The van der Waals surface area contributed by atoms with Crippen molar-refractivity contribution in [2.24, 2.45) is 5.92 Å². The molecule has 1 rings (SSSR count). The van der Waals surface area contributed by atoms with Crippen LogP contribution in [0.2, 0.25) is 0 Å². The third-order valence-corrected chi connectivity index (χ3v) is 2.14. The Morgan fingerprint density at radius 2 is 2.33 bits per heavy atom. The molecule has 0 amide bonds. The molecule has 0 saturated carbocycles. The van der Waals surface area contributed by atoms with E-state index >= 15 is 0 Å². The second-order valence-corrected chi connectivity index (χ2v) is 3.14. The molecule has 3 heteroatoms. The monoisotopic (exact) mass is 170 g/mol. The number of hydrogen-bond acceptors (Lipinski definition) is 3. The summed E-state index contributed by atoms with van der Waals surface area (Å²) in [5.41, 5.74) is 0. The summed E-state index contributed by atoms with van der Waals surface area (Å²) in [5, 5.41) is 0. The summed E-state index contributed by atoms with van der Waals surface area (Å²) >= 11 is 0. The minimum atomic E-state index is -0.341. The van der Waals surface area contributed by atoms with Gasteiger partial charge < -0.3 is 9.47 Å². The topological polar surface area (TPSA) is 35.5 Å². The molecule has 1 aliphatic rings. The predicted molar refractivity (Wildman–Crippen MR) is 44.4 cm³/mol. The fourth-order valence-electron chi connectivity index (χ4n) is 1.17. The van der Waals surface area contributed by atoms with E-state index in [0.29, 0.717) is 5.92 Å². The van der Waals surface area contributed by atoms with Gasteiger partial charge >= 0.3 is 5.97 Å². The summed E-state index contributed by atoms with van der Waals surface area (Å²) in [7, 11) is 1.36. The molecule has 0 radical (unpaired) electrons. The molecule has 2 atom stereocenters.